The van der Waals surface area contributed by atoms with Crippen LogP contribution in [0.4, 0.5) is 0 Å². The number of ether oxygens (including phenoxy) is 2. The summed E-state index contributed by atoms with van der Waals surface area (Å²) in [6, 6.07) is 0. The van der Waals surface area contributed by atoms with Crippen molar-refractivity contribution in [3.05, 3.63) is 0 Å². The van der Waals surface area contributed by atoms with E-state index in [2.05, 4.69) is 0 Å². The lowest BCUT2D eigenvalue weighted by molar-refractivity contribution is -0.173. The summed E-state index contributed by atoms with van der Waals surface area (Å²) in [5.74, 6) is -0.918. The minimum absolute atomic E-state index is 0.0427. The van der Waals surface area contributed by atoms with Crippen molar-refractivity contribution >= 4 is 11.9 Å². The Morgan fingerprint density at radius 3 is 1.81 bits per heavy atom. The first-order valence-electron chi connectivity index (χ1n) is 5.74. The molecule has 1 saturated carbocycles. The normalized spacial score (nSPS) is 17.9. The van der Waals surface area contributed by atoms with Crippen molar-refractivity contribution in [3.8, 4) is 0 Å². The van der Waals surface area contributed by atoms with Crippen LogP contribution in [0.15, 0.2) is 0 Å². The molecule has 0 unspecified atom stereocenters. The van der Waals surface area contributed by atoms with Crippen LogP contribution in [-0.4, -0.2) is 26.2 Å². The SMILES string of the molecule is COC(=O)C(C)(C(=O)OC)C1CCCCC1. The molecule has 1 aliphatic rings. The lowest BCUT2D eigenvalue weighted by Gasteiger charge is -2.34. The topological polar surface area (TPSA) is 52.6 Å². The molecule has 0 aromatic heterocycles. The van der Waals surface area contributed by atoms with Crippen molar-refractivity contribution in [2.45, 2.75) is 39.0 Å². The van der Waals surface area contributed by atoms with Gasteiger partial charge in [0.25, 0.3) is 0 Å². The molecular formula is C12H20O4. The number of hydrogen-bond donors (Lipinski definition) is 0. The third kappa shape index (κ3) is 2.20. The fourth-order valence-electron chi connectivity index (χ4n) is 2.52. The second-order valence-electron chi connectivity index (χ2n) is 4.52. The van der Waals surface area contributed by atoms with Gasteiger partial charge in [-0.25, -0.2) is 0 Å². The van der Waals surface area contributed by atoms with Gasteiger partial charge in [0, 0.05) is 0 Å². The molecule has 0 saturated heterocycles. The summed E-state index contributed by atoms with van der Waals surface area (Å²) in [6.07, 6.45) is 5.08. The predicted octanol–water partition coefficient (Wildman–Crippen LogP) is 1.92. The van der Waals surface area contributed by atoms with Crippen LogP contribution < -0.4 is 0 Å². The maximum atomic E-state index is 11.8. The van der Waals surface area contributed by atoms with Crippen molar-refractivity contribution in [3.63, 3.8) is 0 Å². The quantitative estimate of drug-likeness (QED) is 0.547. The molecular weight excluding hydrogens is 208 g/mol. The molecule has 0 aromatic rings. The lowest BCUT2D eigenvalue weighted by atomic mass is 9.70. The number of carbonyl (C=O) groups excluding carboxylic acids is 2. The first-order valence-corrected chi connectivity index (χ1v) is 5.74. The number of hydrogen-bond acceptors (Lipinski definition) is 4. The predicted molar refractivity (Wildman–Crippen MR) is 58.7 cm³/mol. The van der Waals surface area contributed by atoms with E-state index >= 15 is 0 Å². The maximum absolute atomic E-state index is 11.8. The van der Waals surface area contributed by atoms with Gasteiger partial charge in [0.05, 0.1) is 14.2 Å². The second-order valence-corrected chi connectivity index (χ2v) is 4.52. The van der Waals surface area contributed by atoms with Crippen LogP contribution in [0.25, 0.3) is 0 Å². The minimum Gasteiger partial charge on any atom is -0.468 e. The molecule has 0 aromatic carbocycles. The van der Waals surface area contributed by atoms with Gasteiger partial charge >= 0.3 is 11.9 Å². The highest BCUT2D eigenvalue weighted by Gasteiger charge is 2.50. The number of methoxy groups -OCH3 is 2. The van der Waals surface area contributed by atoms with E-state index in [0.29, 0.717) is 0 Å². The molecule has 0 radical (unpaired) electrons. The van der Waals surface area contributed by atoms with Crippen molar-refractivity contribution < 1.29 is 19.1 Å². The summed E-state index contributed by atoms with van der Waals surface area (Å²) in [7, 11) is 2.62. The molecule has 92 valence electrons. The third-order valence-electron chi connectivity index (χ3n) is 3.64. The van der Waals surface area contributed by atoms with Gasteiger partial charge in [0.2, 0.25) is 0 Å². The molecule has 0 bridgehead atoms. The molecule has 0 atom stereocenters. The zero-order chi connectivity index (χ0) is 12.2. The fraction of sp³-hybridized carbons (Fsp3) is 0.833. The molecule has 4 nitrogen and oxygen atoms in total. The van der Waals surface area contributed by atoms with Crippen LogP contribution in [0.5, 0.6) is 0 Å². The zero-order valence-electron chi connectivity index (χ0n) is 10.2. The highest BCUT2D eigenvalue weighted by Crippen LogP contribution is 2.40. The van der Waals surface area contributed by atoms with Crippen LogP contribution in [0.2, 0.25) is 0 Å². The first kappa shape index (κ1) is 13.0. The standard InChI is InChI=1S/C12H20O4/c1-12(10(13)15-2,11(14)16-3)9-7-5-4-6-8-9/h9H,4-8H2,1-3H3. The van der Waals surface area contributed by atoms with Crippen LogP contribution in [0.1, 0.15) is 39.0 Å². The lowest BCUT2D eigenvalue weighted by Crippen LogP contribution is -2.45. The molecule has 16 heavy (non-hydrogen) atoms. The van der Waals surface area contributed by atoms with Crippen molar-refractivity contribution in [2.75, 3.05) is 14.2 Å². The van der Waals surface area contributed by atoms with E-state index in [-0.39, 0.29) is 5.92 Å². The zero-order valence-corrected chi connectivity index (χ0v) is 10.2. The van der Waals surface area contributed by atoms with Crippen LogP contribution in [-0.2, 0) is 19.1 Å². The number of carbonyl (C=O) groups is 2. The highest BCUT2D eigenvalue weighted by molar-refractivity contribution is 5.99. The van der Waals surface area contributed by atoms with E-state index in [1.54, 1.807) is 6.92 Å². The summed E-state index contributed by atoms with van der Waals surface area (Å²) < 4.78 is 9.50. The molecule has 1 aliphatic carbocycles. The second kappa shape index (κ2) is 5.32. The molecule has 4 heteroatoms. The Morgan fingerprint density at radius 2 is 1.44 bits per heavy atom. The molecule has 0 heterocycles. The average molecular weight is 228 g/mol. The molecule has 1 fully saturated rings. The first-order chi connectivity index (χ1) is 7.57. The van der Waals surface area contributed by atoms with E-state index in [4.69, 9.17) is 9.47 Å². The molecule has 0 aliphatic heterocycles. The van der Waals surface area contributed by atoms with E-state index in [1.807, 2.05) is 0 Å². The van der Waals surface area contributed by atoms with Gasteiger partial charge in [0.1, 0.15) is 0 Å². The van der Waals surface area contributed by atoms with Gasteiger partial charge in [0.15, 0.2) is 5.41 Å². The summed E-state index contributed by atoms with van der Waals surface area (Å²) in [5, 5.41) is 0. The van der Waals surface area contributed by atoms with Gasteiger partial charge < -0.3 is 9.47 Å². The maximum Gasteiger partial charge on any atom is 0.323 e. The van der Waals surface area contributed by atoms with Gasteiger partial charge in [-0.15, -0.1) is 0 Å². The van der Waals surface area contributed by atoms with Gasteiger partial charge in [-0.05, 0) is 25.7 Å². The summed E-state index contributed by atoms with van der Waals surface area (Å²) in [5.41, 5.74) is -1.13. The minimum atomic E-state index is -1.13. The smallest absolute Gasteiger partial charge is 0.323 e. The highest BCUT2D eigenvalue weighted by atomic mass is 16.5. The van der Waals surface area contributed by atoms with Crippen LogP contribution in [0.3, 0.4) is 0 Å². The van der Waals surface area contributed by atoms with E-state index in [1.165, 1.54) is 20.6 Å². The third-order valence-corrected chi connectivity index (χ3v) is 3.64. The van der Waals surface area contributed by atoms with Crippen LogP contribution >= 0.6 is 0 Å². The number of rotatable bonds is 3. The van der Waals surface area contributed by atoms with Crippen molar-refractivity contribution in [2.24, 2.45) is 11.3 Å². The molecule has 0 N–H and O–H groups in total. The van der Waals surface area contributed by atoms with Gasteiger partial charge in [-0.2, -0.15) is 0 Å². The Balaban J connectivity index is 2.92. The molecule has 0 amide bonds. The van der Waals surface area contributed by atoms with Crippen LogP contribution in [0, 0.1) is 11.3 Å². The van der Waals surface area contributed by atoms with Crippen molar-refractivity contribution in [1.82, 2.24) is 0 Å². The Labute approximate surface area is 96.3 Å². The van der Waals surface area contributed by atoms with Crippen molar-refractivity contribution in [1.29, 1.82) is 0 Å². The largest absolute Gasteiger partial charge is 0.468 e. The molecule has 1 rings (SSSR count). The Hall–Kier alpha value is -1.06. The molecule has 0 spiro atoms. The Kier molecular flexibility index (Phi) is 4.33. The van der Waals surface area contributed by atoms with E-state index in [0.717, 1.165) is 25.7 Å². The fourth-order valence-corrected chi connectivity index (χ4v) is 2.52. The number of esters is 2. The van der Waals surface area contributed by atoms with Gasteiger partial charge in [-0.1, -0.05) is 19.3 Å². The Bertz CT molecular complexity index is 250. The van der Waals surface area contributed by atoms with E-state index in [9.17, 15) is 9.59 Å². The monoisotopic (exact) mass is 228 g/mol. The summed E-state index contributed by atoms with van der Waals surface area (Å²) in [4.78, 5) is 23.6. The van der Waals surface area contributed by atoms with Gasteiger partial charge in [-0.3, -0.25) is 9.59 Å². The van der Waals surface area contributed by atoms with E-state index < -0.39 is 17.4 Å². The summed E-state index contributed by atoms with van der Waals surface area (Å²) in [6.45, 7) is 1.64. The average Bonchev–Trinajstić information content (AvgIpc) is 2.36. The summed E-state index contributed by atoms with van der Waals surface area (Å²) >= 11 is 0. The Morgan fingerprint density at radius 1 is 1.00 bits per heavy atom.